The van der Waals surface area contributed by atoms with Crippen molar-refractivity contribution in [3.63, 3.8) is 0 Å². The van der Waals surface area contributed by atoms with Gasteiger partial charge in [-0.3, -0.25) is 18.6 Å². The van der Waals surface area contributed by atoms with Crippen LogP contribution in [0.25, 0.3) is 11.2 Å². The van der Waals surface area contributed by atoms with Crippen molar-refractivity contribution in [3.05, 3.63) is 46.8 Å². The number of rotatable bonds is 2. The molecule has 4 heterocycles. The van der Waals surface area contributed by atoms with E-state index in [2.05, 4.69) is 10.1 Å². The van der Waals surface area contributed by atoms with Gasteiger partial charge in [-0.25, -0.2) is 9.78 Å². The summed E-state index contributed by atoms with van der Waals surface area (Å²) in [6, 6.07) is 5.35. The Morgan fingerprint density at radius 3 is 2.83 bits per heavy atom. The second-order valence-corrected chi connectivity index (χ2v) is 6.09. The van der Waals surface area contributed by atoms with Crippen LogP contribution in [0, 0.1) is 0 Å². The summed E-state index contributed by atoms with van der Waals surface area (Å²) >= 11 is 0. The van der Waals surface area contributed by atoms with E-state index in [1.54, 1.807) is 51.3 Å². The number of likely N-dealkylation sites (tertiary alicyclic amines) is 1. The number of amides is 1. The normalized spacial score (nSPS) is 17.8. The second-order valence-electron chi connectivity index (χ2n) is 6.09. The molecular weight excluding hydrogens is 308 g/mol. The Hall–Kier alpha value is -2.90. The summed E-state index contributed by atoms with van der Waals surface area (Å²) in [5, 5.41) is 4.05. The highest BCUT2D eigenvalue weighted by Crippen LogP contribution is 2.25. The molecule has 0 bridgehead atoms. The lowest BCUT2D eigenvalue weighted by Crippen LogP contribution is -2.32. The Morgan fingerprint density at radius 1 is 1.25 bits per heavy atom. The molecule has 3 aromatic heterocycles. The zero-order valence-electron chi connectivity index (χ0n) is 13.6. The third-order valence-corrected chi connectivity index (χ3v) is 4.70. The van der Waals surface area contributed by atoms with Gasteiger partial charge in [-0.2, -0.15) is 5.10 Å². The average Bonchev–Trinajstić information content (AvgIpc) is 3.28. The summed E-state index contributed by atoms with van der Waals surface area (Å²) < 4.78 is 4.89. The van der Waals surface area contributed by atoms with E-state index in [4.69, 9.17) is 0 Å². The molecule has 4 rings (SSSR count). The van der Waals surface area contributed by atoms with Gasteiger partial charge in [-0.05, 0) is 24.6 Å². The Morgan fingerprint density at radius 2 is 2.08 bits per heavy atom. The van der Waals surface area contributed by atoms with E-state index in [0.29, 0.717) is 24.4 Å². The molecule has 1 aliphatic heterocycles. The number of fused-ring (bicyclic) bond motifs is 1. The molecule has 0 N–H and O–H groups in total. The molecule has 0 radical (unpaired) electrons. The number of hydrogen-bond donors (Lipinski definition) is 0. The molecule has 0 aromatic carbocycles. The first kappa shape index (κ1) is 14.7. The van der Waals surface area contributed by atoms with Gasteiger partial charge in [0.25, 0.3) is 5.91 Å². The minimum atomic E-state index is -0.0940. The molecule has 124 valence electrons. The summed E-state index contributed by atoms with van der Waals surface area (Å²) in [6.07, 6.45) is 4.03. The van der Waals surface area contributed by atoms with E-state index >= 15 is 0 Å². The molecule has 1 fully saturated rings. The van der Waals surface area contributed by atoms with E-state index in [0.717, 1.165) is 11.9 Å². The number of imidazole rings is 1. The highest BCUT2D eigenvalue weighted by atomic mass is 16.2. The van der Waals surface area contributed by atoms with Gasteiger partial charge in [-0.15, -0.1) is 0 Å². The first-order valence-electron chi connectivity index (χ1n) is 7.87. The van der Waals surface area contributed by atoms with Gasteiger partial charge in [0, 0.05) is 39.6 Å². The molecule has 3 aromatic rings. The van der Waals surface area contributed by atoms with Crippen molar-refractivity contribution >= 4 is 17.1 Å². The largest absolute Gasteiger partial charge is 0.335 e. The number of aryl methyl sites for hydroxylation is 2. The minimum absolute atomic E-state index is 0.0567. The fourth-order valence-corrected chi connectivity index (χ4v) is 3.40. The fourth-order valence-electron chi connectivity index (χ4n) is 3.40. The summed E-state index contributed by atoms with van der Waals surface area (Å²) in [5.41, 5.74) is 1.94. The number of nitrogens with zero attached hydrogens (tertiary/aromatic N) is 6. The number of carbonyl (C=O) groups excluding carboxylic acids is 1. The molecule has 1 atom stereocenters. The van der Waals surface area contributed by atoms with Crippen molar-refractivity contribution in [2.24, 2.45) is 14.1 Å². The zero-order chi connectivity index (χ0) is 16.8. The highest BCUT2D eigenvalue weighted by Gasteiger charge is 2.31. The predicted octanol–water partition coefficient (Wildman–Crippen LogP) is 0.556. The quantitative estimate of drug-likeness (QED) is 0.689. The molecule has 0 saturated carbocycles. The van der Waals surface area contributed by atoms with Gasteiger partial charge in [0.2, 0.25) is 0 Å². The van der Waals surface area contributed by atoms with Crippen molar-refractivity contribution in [1.82, 2.24) is 28.8 Å². The Bertz CT molecular complexity index is 982. The van der Waals surface area contributed by atoms with Crippen LogP contribution in [0.5, 0.6) is 0 Å². The van der Waals surface area contributed by atoms with Crippen LogP contribution in [0.1, 0.15) is 23.0 Å². The highest BCUT2D eigenvalue weighted by molar-refractivity contribution is 5.92. The van der Waals surface area contributed by atoms with Crippen LogP contribution in [0.15, 0.2) is 35.4 Å². The van der Waals surface area contributed by atoms with E-state index < -0.39 is 0 Å². The molecule has 1 aliphatic rings. The number of carbonyl (C=O) groups is 1. The lowest BCUT2D eigenvalue weighted by Gasteiger charge is -2.17. The summed E-state index contributed by atoms with van der Waals surface area (Å²) in [7, 11) is 3.50. The Balaban J connectivity index is 1.67. The standard InChI is InChI=1S/C16H18N6O2/c1-19-12-4-3-7-17-14(12)22(16(19)24)11-6-9-21(10-11)15(23)13-5-8-18-20(13)2/h3-5,7-8,11H,6,9-10H2,1-2H3/t11-/m0/s1. The Labute approximate surface area is 137 Å². The number of aromatic nitrogens is 5. The zero-order valence-corrected chi connectivity index (χ0v) is 13.6. The van der Waals surface area contributed by atoms with Crippen LogP contribution in [0.3, 0.4) is 0 Å². The van der Waals surface area contributed by atoms with E-state index in [-0.39, 0.29) is 17.6 Å². The third-order valence-electron chi connectivity index (χ3n) is 4.70. The fraction of sp³-hybridized carbons (Fsp3) is 0.375. The van der Waals surface area contributed by atoms with Gasteiger partial charge in [0.15, 0.2) is 5.65 Å². The first-order valence-corrected chi connectivity index (χ1v) is 7.87. The van der Waals surface area contributed by atoms with Crippen LogP contribution in [-0.2, 0) is 14.1 Å². The molecule has 8 heteroatoms. The summed E-state index contributed by atoms with van der Waals surface area (Å²) in [6.45, 7) is 1.12. The minimum Gasteiger partial charge on any atom is -0.335 e. The van der Waals surface area contributed by atoms with E-state index in [9.17, 15) is 9.59 Å². The van der Waals surface area contributed by atoms with Gasteiger partial charge < -0.3 is 4.90 Å². The van der Waals surface area contributed by atoms with Gasteiger partial charge >= 0.3 is 5.69 Å². The maximum Gasteiger partial charge on any atom is 0.330 e. The maximum atomic E-state index is 12.6. The summed E-state index contributed by atoms with van der Waals surface area (Å²) in [5.74, 6) is -0.0567. The van der Waals surface area contributed by atoms with Crippen LogP contribution >= 0.6 is 0 Å². The van der Waals surface area contributed by atoms with Crippen LogP contribution in [0.4, 0.5) is 0 Å². The van der Waals surface area contributed by atoms with Crippen LogP contribution < -0.4 is 5.69 Å². The lowest BCUT2D eigenvalue weighted by molar-refractivity contribution is 0.0776. The topological polar surface area (TPSA) is 78.0 Å². The van der Waals surface area contributed by atoms with Crippen molar-refractivity contribution in [1.29, 1.82) is 0 Å². The van der Waals surface area contributed by atoms with Gasteiger partial charge in [-0.1, -0.05) is 0 Å². The van der Waals surface area contributed by atoms with Gasteiger partial charge in [0.05, 0.1) is 11.6 Å². The van der Waals surface area contributed by atoms with Gasteiger partial charge in [0.1, 0.15) is 5.69 Å². The maximum absolute atomic E-state index is 12.6. The molecule has 1 amide bonds. The van der Waals surface area contributed by atoms with Crippen molar-refractivity contribution < 1.29 is 4.79 Å². The van der Waals surface area contributed by atoms with Crippen molar-refractivity contribution in [2.75, 3.05) is 13.1 Å². The predicted molar refractivity (Wildman–Crippen MR) is 87.7 cm³/mol. The first-order chi connectivity index (χ1) is 11.6. The third kappa shape index (κ3) is 2.06. The lowest BCUT2D eigenvalue weighted by atomic mass is 10.2. The van der Waals surface area contributed by atoms with Crippen LogP contribution in [-0.4, -0.2) is 47.8 Å². The Kier molecular flexibility index (Phi) is 3.26. The molecule has 0 spiro atoms. The molecule has 0 unspecified atom stereocenters. The van der Waals surface area contributed by atoms with E-state index in [1.807, 2.05) is 12.1 Å². The van der Waals surface area contributed by atoms with Crippen molar-refractivity contribution in [2.45, 2.75) is 12.5 Å². The molecule has 1 saturated heterocycles. The summed E-state index contributed by atoms with van der Waals surface area (Å²) in [4.78, 5) is 31.4. The second kappa shape index (κ2) is 5.33. The number of hydrogen-bond acceptors (Lipinski definition) is 4. The monoisotopic (exact) mass is 326 g/mol. The van der Waals surface area contributed by atoms with E-state index in [1.165, 1.54) is 0 Å². The average molecular weight is 326 g/mol. The molecule has 8 nitrogen and oxygen atoms in total. The number of pyridine rings is 1. The SMILES string of the molecule is Cn1nccc1C(=O)N1CC[C@H](n2c(=O)n(C)c3cccnc32)C1. The molecule has 0 aliphatic carbocycles. The molecule has 24 heavy (non-hydrogen) atoms. The van der Waals surface area contributed by atoms with Crippen LogP contribution in [0.2, 0.25) is 0 Å². The molecular formula is C16H18N6O2. The van der Waals surface area contributed by atoms with Crippen molar-refractivity contribution in [3.8, 4) is 0 Å². The smallest absolute Gasteiger partial charge is 0.330 e.